The van der Waals surface area contributed by atoms with Crippen LogP contribution >= 0.6 is 0 Å². The number of anilines is 1. The number of nitrogens with two attached hydrogens (primary N) is 1. The van der Waals surface area contributed by atoms with Crippen molar-refractivity contribution in [2.75, 3.05) is 12.8 Å². The normalized spacial score (nSPS) is 12.9. The molecule has 0 amide bonds. The molecule has 3 N–H and O–H groups in total. The minimum atomic E-state index is -3.64. The van der Waals surface area contributed by atoms with Gasteiger partial charge in [0, 0.05) is 6.04 Å². The van der Waals surface area contributed by atoms with E-state index >= 15 is 0 Å². The van der Waals surface area contributed by atoms with Gasteiger partial charge in [0.2, 0.25) is 10.0 Å². The maximum absolute atomic E-state index is 12.4. The Balaban J connectivity index is 2.24. The fourth-order valence-corrected chi connectivity index (χ4v) is 3.26. The van der Waals surface area contributed by atoms with Gasteiger partial charge < -0.3 is 10.5 Å². The minimum Gasteiger partial charge on any atom is -0.495 e. The van der Waals surface area contributed by atoms with Crippen molar-refractivity contribution in [1.29, 1.82) is 0 Å². The summed E-state index contributed by atoms with van der Waals surface area (Å²) in [5.41, 5.74) is 6.93. The molecule has 1 unspecified atom stereocenters. The number of methoxy groups -OCH3 is 1. The van der Waals surface area contributed by atoms with E-state index in [0.717, 1.165) is 5.56 Å². The summed E-state index contributed by atoms with van der Waals surface area (Å²) >= 11 is 0. The molecule has 5 nitrogen and oxygen atoms in total. The first-order valence-electron chi connectivity index (χ1n) is 6.45. The maximum atomic E-state index is 12.4. The van der Waals surface area contributed by atoms with E-state index in [2.05, 4.69) is 4.72 Å². The summed E-state index contributed by atoms with van der Waals surface area (Å²) in [5.74, 6) is 0.449. The van der Waals surface area contributed by atoms with E-state index in [0.29, 0.717) is 5.75 Å². The van der Waals surface area contributed by atoms with Gasteiger partial charge in [-0.1, -0.05) is 30.3 Å². The Morgan fingerprint density at radius 2 is 1.81 bits per heavy atom. The third-order valence-electron chi connectivity index (χ3n) is 3.14. The minimum absolute atomic E-state index is 0.114. The van der Waals surface area contributed by atoms with Crippen molar-refractivity contribution in [3.05, 3.63) is 54.1 Å². The van der Waals surface area contributed by atoms with E-state index in [1.54, 1.807) is 6.92 Å². The highest BCUT2D eigenvalue weighted by molar-refractivity contribution is 7.89. The molecule has 2 aromatic carbocycles. The van der Waals surface area contributed by atoms with Crippen LogP contribution in [0.4, 0.5) is 5.69 Å². The van der Waals surface area contributed by atoms with Gasteiger partial charge in [-0.05, 0) is 30.7 Å². The molecule has 6 heteroatoms. The van der Waals surface area contributed by atoms with Gasteiger partial charge in [-0.2, -0.15) is 0 Å². The van der Waals surface area contributed by atoms with Crippen LogP contribution in [0.15, 0.2) is 53.4 Å². The average molecular weight is 306 g/mol. The van der Waals surface area contributed by atoms with Gasteiger partial charge in [-0.3, -0.25) is 0 Å². The number of hydrogen-bond acceptors (Lipinski definition) is 4. The quantitative estimate of drug-likeness (QED) is 0.831. The van der Waals surface area contributed by atoms with Crippen molar-refractivity contribution in [1.82, 2.24) is 4.72 Å². The van der Waals surface area contributed by atoms with Crippen LogP contribution in [0, 0.1) is 0 Å². The number of hydrogen-bond donors (Lipinski definition) is 2. The monoisotopic (exact) mass is 306 g/mol. The van der Waals surface area contributed by atoms with Crippen molar-refractivity contribution in [3.8, 4) is 5.75 Å². The Bertz CT molecular complexity index is 715. The number of benzene rings is 2. The summed E-state index contributed by atoms with van der Waals surface area (Å²) in [4.78, 5) is 0.114. The van der Waals surface area contributed by atoms with E-state index in [4.69, 9.17) is 10.5 Å². The van der Waals surface area contributed by atoms with Gasteiger partial charge in [-0.15, -0.1) is 0 Å². The maximum Gasteiger partial charge on any atom is 0.241 e. The van der Waals surface area contributed by atoms with Crippen LogP contribution in [0.2, 0.25) is 0 Å². The van der Waals surface area contributed by atoms with Crippen LogP contribution in [0.25, 0.3) is 0 Å². The Morgan fingerprint density at radius 3 is 2.38 bits per heavy atom. The van der Waals surface area contributed by atoms with E-state index in [1.807, 2.05) is 30.3 Å². The smallest absolute Gasteiger partial charge is 0.241 e. The van der Waals surface area contributed by atoms with E-state index in [1.165, 1.54) is 25.3 Å². The Kier molecular flexibility index (Phi) is 4.50. The second-order valence-corrected chi connectivity index (χ2v) is 6.37. The number of rotatable bonds is 5. The summed E-state index contributed by atoms with van der Waals surface area (Å²) in [6.07, 6.45) is 0. The molecule has 2 rings (SSSR count). The first kappa shape index (κ1) is 15.3. The predicted molar refractivity (Wildman–Crippen MR) is 82.6 cm³/mol. The van der Waals surface area contributed by atoms with Crippen LogP contribution in [0.1, 0.15) is 18.5 Å². The Hall–Kier alpha value is -2.05. The first-order valence-corrected chi connectivity index (χ1v) is 7.93. The largest absolute Gasteiger partial charge is 0.495 e. The van der Waals surface area contributed by atoms with Crippen molar-refractivity contribution in [3.63, 3.8) is 0 Å². The Morgan fingerprint density at radius 1 is 1.14 bits per heavy atom. The lowest BCUT2D eigenvalue weighted by molar-refractivity contribution is 0.416. The van der Waals surface area contributed by atoms with Crippen LogP contribution in [0.5, 0.6) is 5.75 Å². The lowest BCUT2D eigenvalue weighted by atomic mass is 10.1. The molecule has 0 aliphatic rings. The molecular weight excluding hydrogens is 288 g/mol. The molecular formula is C15H18N2O3S. The molecule has 0 saturated heterocycles. The zero-order valence-electron chi connectivity index (χ0n) is 11.9. The van der Waals surface area contributed by atoms with Crippen molar-refractivity contribution in [2.24, 2.45) is 0 Å². The number of nitrogens with one attached hydrogen (secondary N) is 1. The van der Waals surface area contributed by atoms with Gasteiger partial charge in [0.25, 0.3) is 0 Å². The first-order chi connectivity index (χ1) is 9.94. The lowest BCUT2D eigenvalue weighted by Crippen LogP contribution is -2.27. The number of nitrogen functional groups attached to an aromatic ring is 1. The average Bonchev–Trinajstić information content (AvgIpc) is 2.47. The molecule has 1 atom stereocenters. The highest BCUT2D eigenvalue weighted by atomic mass is 32.2. The summed E-state index contributed by atoms with van der Waals surface area (Å²) in [5, 5.41) is 0. The molecule has 2 aromatic rings. The van der Waals surface area contributed by atoms with Crippen LogP contribution in [-0.4, -0.2) is 15.5 Å². The molecule has 0 aliphatic heterocycles. The molecule has 21 heavy (non-hydrogen) atoms. The summed E-state index contributed by atoms with van der Waals surface area (Å²) in [6, 6.07) is 13.4. The van der Waals surface area contributed by atoms with Crippen LogP contribution in [0.3, 0.4) is 0 Å². The molecule has 0 bridgehead atoms. The van der Waals surface area contributed by atoms with E-state index in [-0.39, 0.29) is 16.6 Å². The molecule has 0 saturated carbocycles. The molecule has 0 aliphatic carbocycles. The van der Waals surface area contributed by atoms with Crippen molar-refractivity contribution < 1.29 is 13.2 Å². The van der Waals surface area contributed by atoms with E-state index in [9.17, 15) is 8.42 Å². The number of ether oxygens (including phenoxy) is 1. The molecule has 0 heterocycles. The summed E-state index contributed by atoms with van der Waals surface area (Å²) in [7, 11) is -2.16. The second-order valence-electron chi connectivity index (χ2n) is 4.66. The highest BCUT2D eigenvalue weighted by Crippen LogP contribution is 2.25. The highest BCUT2D eigenvalue weighted by Gasteiger charge is 2.19. The van der Waals surface area contributed by atoms with Gasteiger partial charge in [0.1, 0.15) is 5.75 Å². The molecule has 112 valence electrons. The summed E-state index contributed by atoms with van der Waals surface area (Å²) < 4.78 is 32.4. The number of sulfonamides is 1. The van der Waals surface area contributed by atoms with Crippen molar-refractivity contribution in [2.45, 2.75) is 17.9 Å². The van der Waals surface area contributed by atoms with Gasteiger partial charge >= 0.3 is 0 Å². The zero-order chi connectivity index (χ0) is 15.5. The predicted octanol–water partition coefficient (Wildman–Crippen LogP) is 2.32. The molecule has 0 spiro atoms. The fraction of sp³-hybridized carbons (Fsp3) is 0.200. The third kappa shape index (κ3) is 3.53. The fourth-order valence-electron chi connectivity index (χ4n) is 1.99. The van der Waals surface area contributed by atoms with Crippen LogP contribution in [-0.2, 0) is 10.0 Å². The lowest BCUT2D eigenvalue weighted by Gasteiger charge is -2.15. The molecule has 0 fully saturated rings. The molecule has 0 radical (unpaired) electrons. The van der Waals surface area contributed by atoms with Crippen molar-refractivity contribution >= 4 is 15.7 Å². The SMILES string of the molecule is COc1ccc(S(=O)(=O)NC(C)c2ccccc2)cc1N. The van der Waals surface area contributed by atoms with Gasteiger partial charge in [-0.25, -0.2) is 13.1 Å². The van der Waals surface area contributed by atoms with Crippen LogP contribution < -0.4 is 15.2 Å². The summed E-state index contributed by atoms with van der Waals surface area (Å²) in [6.45, 7) is 1.79. The standard InChI is InChI=1S/C15H18N2O3S/c1-11(12-6-4-3-5-7-12)17-21(18,19)13-8-9-15(20-2)14(16)10-13/h3-11,17H,16H2,1-2H3. The van der Waals surface area contributed by atoms with Gasteiger partial charge in [0.05, 0.1) is 17.7 Å². The van der Waals surface area contributed by atoms with Gasteiger partial charge in [0.15, 0.2) is 0 Å². The topological polar surface area (TPSA) is 81.4 Å². The Labute approximate surface area is 124 Å². The third-order valence-corrected chi connectivity index (χ3v) is 4.68. The second kappa shape index (κ2) is 6.15. The van der Waals surface area contributed by atoms with E-state index < -0.39 is 10.0 Å². The zero-order valence-corrected chi connectivity index (χ0v) is 12.7. The molecule has 0 aromatic heterocycles.